The van der Waals surface area contributed by atoms with Crippen LogP contribution >= 0.6 is 0 Å². The summed E-state index contributed by atoms with van der Waals surface area (Å²) in [5.74, 6) is -0.535. The summed E-state index contributed by atoms with van der Waals surface area (Å²) in [7, 11) is 1.85. The summed E-state index contributed by atoms with van der Waals surface area (Å²) in [6, 6.07) is 5.39. The maximum Gasteiger partial charge on any atom is 0.573 e. The van der Waals surface area contributed by atoms with Gasteiger partial charge in [0.1, 0.15) is 5.75 Å². The number of likely N-dealkylation sites (N-methyl/N-ethyl adjacent to an activating group) is 1. The average molecular weight is 303 g/mol. The molecule has 5 nitrogen and oxygen atoms in total. The first-order valence-electron chi connectivity index (χ1n) is 6.40. The quantitative estimate of drug-likeness (QED) is 0.864. The first kappa shape index (κ1) is 15.6. The monoisotopic (exact) mass is 303 g/mol. The second kappa shape index (κ2) is 6.31. The van der Waals surface area contributed by atoms with Crippen molar-refractivity contribution in [2.45, 2.75) is 12.4 Å². The molecular weight excluding hydrogens is 287 g/mol. The zero-order valence-electron chi connectivity index (χ0n) is 11.4. The molecule has 0 radical (unpaired) electrons. The highest BCUT2D eigenvalue weighted by atomic mass is 19.4. The molecule has 0 bridgehead atoms. The Morgan fingerprint density at radius 3 is 2.48 bits per heavy atom. The van der Waals surface area contributed by atoms with Crippen LogP contribution in [0.1, 0.15) is 0 Å². The van der Waals surface area contributed by atoms with E-state index in [0.29, 0.717) is 11.7 Å². The van der Waals surface area contributed by atoms with Crippen LogP contribution in [0.2, 0.25) is 0 Å². The van der Waals surface area contributed by atoms with Gasteiger partial charge in [-0.05, 0) is 31.3 Å². The second-order valence-electron chi connectivity index (χ2n) is 4.85. The van der Waals surface area contributed by atoms with Gasteiger partial charge < -0.3 is 15.4 Å². The number of alkyl halides is 3. The summed E-state index contributed by atoms with van der Waals surface area (Å²) in [6.45, 7) is 1.94. The molecule has 1 aliphatic rings. The van der Waals surface area contributed by atoms with Gasteiger partial charge in [0.05, 0.1) is 6.54 Å². The van der Waals surface area contributed by atoms with Gasteiger partial charge in [0.15, 0.2) is 0 Å². The first-order chi connectivity index (χ1) is 9.83. The third kappa shape index (κ3) is 4.91. The van der Waals surface area contributed by atoms with Crippen molar-refractivity contribution in [1.82, 2.24) is 10.2 Å². The minimum absolute atomic E-state index is 0.214. The van der Waals surface area contributed by atoms with E-state index in [1.165, 1.54) is 12.1 Å². The number of carbonyl (C=O) groups excluding carboxylic acids is 1. The Morgan fingerprint density at radius 1 is 1.38 bits per heavy atom. The summed E-state index contributed by atoms with van der Waals surface area (Å²) in [5, 5.41) is 5.74. The van der Waals surface area contributed by atoms with Crippen molar-refractivity contribution in [1.29, 1.82) is 0 Å². The van der Waals surface area contributed by atoms with E-state index in [4.69, 9.17) is 0 Å². The SMILES string of the molecule is CN(CC(=O)Nc1ccc(OC(F)(F)F)cc1)C1CNC1. The fourth-order valence-electron chi connectivity index (χ4n) is 1.88. The summed E-state index contributed by atoms with van der Waals surface area (Å²) >= 11 is 0. The maximum absolute atomic E-state index is 12.0. The number of benzene rings is 1. The zero-order valence-corrected chi connectivity index (χ0v) is 11.4. The number of nitrogens with zero attached hydrogens (tertiary/aromatic N) is 1. The lowest BCUT2D eigenvalue weighted by Gasteiger charge is -2.35. The standard InChI is InChI=1S/C13H16F3N3O2/c1-19(10-6-17-7-10)8-12(20)18-9-2-4-11(5-3-9)21-13(14,15)16/h2-5,10,17H,6-8H2,1H3,(H,18,20). The number of nitrogens with one attached hydrogen (secondary N) is 2. The summed E-state index contributed by atoms with van der Waals surface area (Å²) in [6.07, 6.45) is -4.72. The highest BCUT2D eigenvalue weighted by Gasteiger charge is 2.31. The van der Waals surface area contributed by atoms with Gasteiger partial charge in [-0.15, -0.1) is 13.2 Å². The number of hydrogen-bond acceptors (Lipinski definition) is 4. The van der Waals surface area contributed by atoms with Crippen LogP contribution in [-0.2, 0) is 4.79 Å². The van der Waals surface area contributed by atoms with Gasteiger partial charge in [-0.1, -0.05) is 0 Å². The van der Waals surface area contributed by atoms with Crippen LogP contribution < -0.4 is 15.4 Å². The molecule has 8 heteroatoms. The molecule has 0 spiro atoms. The molecule has 116 valence electrons. The Labute approximate surface area is 120 Å². The Hall–Kier alpha value is -1.80. The lowest BCUT2D eigenvalue weighted by molar-refractivity contribution is -0.274. The van der Waals surface area contributed by atoms with Crippen LogP contribution in [-0.4, -0.2) is 49.9 Å². The largest absolute Gasteiger partial charge is 0.573 e. The molecule has 1 aliphatic heterocycles. The molecule has 1 fully saturated rings. The molecule has 2 rings (SSSR count). The number of anilines is 1. The third-order valence-corrected chi connectivity index (χ3v) is 3.15. The van der Waals surface area contributed by atoms with E-state index in [9.17, 15) is 18.0 Å². The van der Waals surface area contributed by atoms with Crippen molar-refractivity contribution in [3.63, 3.8) is 0 Å². The summed E-state index contributed by atoms with van der Waals surface area (Å²) in [4.78, 5) is 13.7. The van der Waals surface area contributed by atoms with E-state index in [1.807, 2.05) is 11.9 Å². The molecule has 1 heterocycles. The normalized spacial score (nSPS) is 15.7. The Kier molecular flexibility index (Phi) is 4.69. The highest BCUT2D eigenvalue weighted by molar-refractivity contribution is 5.92. The molecule has 1 aromatic carbocycles. The van der Waals surface area contributed by atoms with Gasteiger partial charge in [-0.2, -0.15) is 0 Å². The second-order valence-corrected chi connectivity index (χ2v) is 4.85. The summed E-state index contributed by atoms with van der Waals surface area (Å²) in [5.41, 5.74) is 0.426. The molecule has 0 atom stereocenters. The van der Waals surface area contributed by atoms with E-state index in [0.717, 1.165) is 25.2 Å². The van der Waals surface area contributed by atoms with Crippen molar-refractivity contribution in [2.75, 3.05) is 32.0 Å². The van der Waals surface area contributed by atoms with Gasteiger partial charge in [0.2, 0.25) is 5.91 Å². The van der Waals surface area contributed by atoms with Gasteiger partial charge in [-0.3, -0.25) is 9.69 Å². The van der Waals surface area contributed by atoms with Crippen LogP contribution in [0.15, 0.2) is 24.3 Å². The fourth-order valence-corrected chi connectivity index (χ4v) is 1.88. The Morgan fingerprint density at radius 2 is 2.00 bits per heavy atom. The van der Waals surface area contributed by atoms with Gasteiger partial charge >= 0.3 is 6.36 Å². The number of ether oxygens (including phenoxy) is 1. The number of hydrogen-bond donors (Lipinski definition) is 2. The van der Waals surface area contributed by atoms with Crippen LogP contribution in [0.25, 0.3) is 0 Å². The fraction of sp³-hybridized carbons (Fsp3) is 0.462. The van der Waals surface area contributed by atoms with E-state index in [-0.39, 0.29) is 18.2 Å². The third-order valence-electron chi connectivity index (χ3n) is 3.15. The van der Waals surface area contributed by atoms with Crippen molar-refractivity contribution < 1.29 is 22.7 Å². The number of rotatable bonds is 5. The van der Waals surface area contributed by atoms with Crippen LogP contribution in [0.4, 0.5) is 18.9 Å². The number of amides is 1. The zero-order chi connectivity index (χ0) is 15.5. The highest BCUT2D eigenvalue weighted by Crippen LogP contribution is 2.23. The average Bonchev–Trinajstić information content (AvgIpc) is 2.27. The molecule has 0 saturated carbocycles. The van der Waals surface area contributed by atoms with Crippen molar-refractivity contribution >= 4 is 11.6 Å². The first-order valence-corrected chi connectivity index (χ1v) is 6.40. The molecule has 0 unspecified atom stereocenters. The van der Waals surface area contributed by atoms with Crippen molar-refractivity contribution in [2.24, 2.45) is 0 Å². The van der Waals surface area contributed by atoms with E-state index in [2.05, 4.69) is 15.4 Å². The van der Waals surface area contributed by atoms with Crippen molar-refractivity contribution in [3.8, 4) is 5.75 Å². The molecule has 1 aromatic rings. The molecule has 0 aromatic heterocycles. The van der Waals surface area contributed by atoms with E-state index in [1.54, 1.807) is 0 Å². The van der Waals surface area contributed by atoms with Crippen LogP contribution in [0.5, 0.6) is 5.75 Å². The minimum atomic E-state index is -4.72. The van der Waals surface area contributed by atoms with Crippen molar-refractivity contribution in [3.05, 3.63) is 24.3 Å². The van der Waals surface area contributed by atoms with Crippen LogP contribution in [0.3, 0.4) is 0 Å². The Bertz CT molecular complexity index is 486. The molecule has 1 saturated heterocycles. The minimum Gasteiger partial charge on any atom is -0.406 e. The molecule has 0 aliphatic carbocycles. The molecule has 2 N–H and O–H groups in total. The Balaban J connectivity index is 1.83. The summed E-state index contributed by atoms with van der Waals surface area (Å²) < 4.78 is 39.8. The predicted octanol–water partition coefficient (Wildman–Crippen LogP) is 1.43. The topological polar surface area (TPSA) is 53.6 Å². The van der Waals surface area contributed by atoms with Gasteiger partial charge in [-0.25, -0.2) is 0 Å². The smallest absolute Gasteiger partial charge is 0.406 e. The van der Waals surface area contributed by atoms with E-state index >= 15 is 0 Å². The van der Waals surface area contributed by atoms with Crippen LogP contribution in [0, 0.1) is 0 Å². The molecule has 1 amide bonds. The number of halogens is 3. The number of carbonyl (C=O) groups is 1. The lowest BCUT2D eigenvalue weighted by Crippen LogP contribution is -2.57. The maximum atomic E-state index is 12.0. The molecular formula is C13H16F3N3O2. The predicted molar refractivity (Wildman–Crippen MR) is 71.0 cm³/mol. The molecule has 21 heavy (non-hydrogen) atoms. The van der Waals surface area contributed by atoms with Gasteiger partial charge in [0, 0.05) is 24.8 Å². The van der Waals surface area contributed by atoms with E-state index < -0.39 is 6.36 Å². The van der Waals surface area contributed by atoms with Gasteiger partial charge in [0.25, 0.3) is 0 Å². The lowest BCUT2D eigenvalue weighted by atomic mass is 10.1.